The molecule has 2 aromatic rings. The van der Waals surface area contributed by atoms with Gasteiger partial charge in [0.05, 0.1) is 22.3 Å². The summed E-state index contributed by atoms with van der Waals surface area (Å²) in [6.45, 7) is 0.839. The SMILES string of the molecule is COc1cc(C2SCCS2)ccc1OC(=O)c1cc(Cl)c2c(c1)OCCO2. The van der Waals surface area contributed by atoms with Crippen LogP contribution >= 0.6 is 35.1 Å². The molecule has 0 amide bonds. The minimum Gasteiger partial charge on any atom is -0.493 e. The van der Waals surface area contributed by atoms with Crippen LogP contribution in [0.25, 0.3) is 0 Å². The molecule has 2 aliphatic rings. The molecular formula is C19H17ClO5S2. The van der Waals surface area contributed by atoms with Crippen molar-refractivity contribution in [3.05, 3.63) is 46.5 Å². The lowest BCUT2D eigenvalue weighted by molar-refractivity contribution is 0.0728. The number of fused-ring (bicyclic) bond motifs is 1. The second-order valence-corrected chi connectivity index (χ2v) is 8.99. The normalized spacial score (nSPS) is 16.2. The van der Waals surface area contributed by atoms with Crippen molar-refractivity contribution in [1.82, 2.24) is 0 Å². The zero-order valence-corrected chi connectivity index (χ0v) is 16.9. The highest BCUT2D eigenvalue weighted by Crippen LogP contribution is 2.47. The third-order valence-electron chi connectivity index (χ3n) is 4.12. The monoisotopic (exact) mass is 424 g/mol. The van der Waals surface area contributed by atoms with E-state index in [-0.39, 0.29) is 5.56 Å². The number of hydrogen-bond acceptors (Lipinski definition) is 7. The molecule has 0 bridgehead atoms. The summed E-state index contributed by atoms with van der Waals surface area (Å²) in [5.74, 6) is 3.53. The van der Waals surface area contributed by atoms with Crippen molar-refractivity contribution in [2.75, 3.05) is 31.8 Å². The van der Waals surface area contributed by atoms with E-state index in [0.717, 1.165) is 17.1 Å². The van der Waals surface area contributed by atoms with Gasteiger partial charge in [-0.15, -0.1) is 23.5 Å². The van der Waals surface area contributed by atoms with Gasteiger partial charge >= 0.3 is 5.97 Å². The molecule has 4 rings (SSSR count). The van der Waals surface area contributed by atoms with Gasteiger partial charge in [-0.25, -0.2) is 4.79 Å². The van der Waals surface area contributed by atoms with Gasteiger partial charge < -0.3 is 18.9 Å². The summed E-state index contributed by atoms with van der Waals surface area (Å²) >= 11 is 10.0. The van der Waals surface area contributed by atoms with E-state index in [2.05, 4.69) is 0 Å². The quantitative estimate of drug-likeness (QED) is 0.515. The molecular weight excluding hydrogens is 408 g/mol. The molecule has 2 aliphatic heterocycles. The Bertz CT molecular complexity index is 867. The molecule has 27 heavy (non-hydrogen) atoms. The summed E-state index contributed by atoms with van der Waals surface area (Å²) in [5.41, 5.74) is 1.44. The van der Waals surface area contributed by atoms with Gasteiger partial charge in [0.15, 0.2) is 23.0 Å². The van der Waals surface area contributed by atoms with Crippen LogP contribution in [0.2, 0.25) is 5.02 Å². The van der Waals surface area contributed by atoms with E-state index < -0.39 is 5.97 Å². The van der Waals surface area contributed by atoms with Gasteiger partial charge in [-0.3, -0.25) is 0 Å². The lowest BCUT2D eigenvalue weighted by atomic mass is 10.2. The van der Waals surface area contributed by atoms with Crippen LogP contribution in [0.1, 0.15) is 20.5 Å². The highest BCUT2D eigenvalue weighted by atomic mass is 35.5. The van der Waals surface area contributed by atoms with Crippen LogP contribution in [0, 0.1) is 0 Å². The summed E-state index contributed by atoms with van der Waals surface area (Å²) in [4.78, 5) is 12.6. The third-order valence-corrected chi connectivity index (χ3v) is 7.50. The highest BCUT2D eigenvalue weighted by molar-refractivity contribution is 8.19. The van der Waals surface area contributed by atoms with Gasteiger partial charge in [-0.1, -0.05) is 17.7 Å². The lowest BCUT2D eigenvalue weighted by Crippen LogP contribution is -2.17. The maximum atomic E-state index is 12.6. The van der Waals surface area contributed by atoms with E-state index in [1.807, 2.05) is 35.7 Å². The van der Waals surface area contributed by atoms with Crippen molar-refractivity contribution in [2.45, 2.75) is 4.58 Å². The maximum Gasteiger partial charge on any atom is 0.343 e. The zero-order chi connectivity index (χ0) is 18.8. The van der Waals surface area contributed by atoms with E-state index in [4.69, 9.17) is 30.5 Å². The van der Waals surface area contributed by atoms with Gasteiger partial charge in [0, 0.05) is 11.5 Å². The molecule has 2 heterocycles. The number of thioether (sulfide) groups is 2. The highest BCUT2D eigenvalue weighted by Gasteiger charge is 2.23. The predicted octanol–water partition coefficient (Wildman–Crippen LogP) is 4.82. The number of hydrogen-bond donors (Lipinski definition) is 0. The minimum absolute atomic E-state index is 0.289. The summed E-state index contributed by atoms with van der Waals surface area (Å²) in [5, 5.41) is 0.316. The topological polar surface area (TPSA) is 54.0 Å². The molecule has 2 aromatic carbocycles. The number of methoxy groups -OCH3 is 1. The van der Waals surface area contributed by atoms with Crippen molar-refractivity contribution in [3.8, 4) is 23.0 Å². The molecule has 0 unspecified atom stereocenters. The maximum absolute atomic E-state index is 12.6. The second kappa shape index (κ2) is 8.12. The second-order valence-electron chi connectivity index (χ2n) is 5.86. The molecule has 0 spiro atoms. The Hall–Kier alpha value is -1.70. The first-order valence-corrected chi connectivity index (χ1v) is 10.9. The molecule has 0 aromatic heterocycles. The summed E-state index contributed by atoms with van der Waals surface area (Å²) in [6.07, 6.45) is 0. The fourth-order valence-electron chi connectivity index (χ4n) is 2.85. The van der Waals surface area contributed by atoms with Crippen molar-refractivity contribution < 1.29 is 23.7 Å². The standard InChI is InChI=1S/C19H17ClO5S2/c1-22-15-9-11(19-26-6-7-27-19)2-3-14(15)25-18(21)12-8-13(20)17-16(10-12)23-4-5-24-17/h2-3,8-10,19H,4-7H2,1H3. The molecule has 5 nitrogen and oxygen atoms in total. The van der Waals surface area contributed by atoms with Crippen LogP contribution in [0.3, 0.4) is 0 Å². The number of esters is 1. The van der Waals surface area contributed by atoms with Crippen molar-refractivity contribution in [3.63, 3.8) is 0 Å². The molecule has 0 atom stereocenters. The number of ether oxygens (including phenoxy) is 4. The number of benzene rings is 2. The average molecular weight is 425 g/mol. The molecule has 1 saturated heterocycles. The van der Waals surface area contributed by atoms with Gasteiger partial charge in [-0.2, -0.15) is 0 Å². The third kappa shape index (κ3) is 3.95. The number of halogens is 1. The first kappa shape index (κ1) is 18.7. The first-order valence-electron chi connectivity index (χ1n) is 8.38. The van der Waals surface area contributed by atoms with E-state index >= 15 is 0 Å². The van der Waals surface area contributed by atoms with E-state index in [1.54, 1.807) is 19.2 Å². The minimum atomic E-state index is -0.537. The van der Waals surface area contributed by atoms with Crippen molar-refractivity contribution in [2.24, 2.45) is 0 Å². The number of carbonyl (C=O) groups excluding carboxylic acids is 1. The van der Waals surface area contributed by atoms with Crippen LogP contribution in [-0.4, -0.2) is 37.8 Å². The first-order chi connectivity index (χ1) is 13.2. The largest absolute Gasteiger partial charge is 0.493 e. The lowest BCUT2D eigenvalue weighted by Gasteiger charge is -2.20. The van der Waals surface area contributed by atoms with E-state index in [9.17, 15) is 4.79 Å². The Balaban J connectivity index is 1.56. The van der Waals surface area contributed by atoms with Crippen LogP contribution in [0.5, 0.6) is 23.0 Å². The predicted molar refractivity (Wildman–Crippen MR) is 108 cm³/mol. The van der Waals surface area contributed by atoms with Crippen molar-refractivity contribution in [1.29, 1.82) is 0 Å². The van der Waals surface area contributed by atoms with Crippen LogP contribution in [-0.2, 0) is 0 Å². The van der Waals surface area contributed by atoms with Gasteiger partial charge in [0.25, 0.3) is 0 Å². The van der Waals surface area contributed by atoms with Crippen LogP contribution in [0.15, 0.2) is 30.3 Å². The Morgan fingerprint density at radius 2 is 1.89 bits per heavy atom. The zero-order valence-electron chi connectivity index (χ0n) is 14.5. The molecule has 0 saturated carbocycles. The van der Waals surface area contributed by atoms with Crippen LogP contribution < -0.4 is 18.9 Å². The Morgan fingerprint density at radius 1 is 1.11 bits per heavy atom. The number of rotatable bonds is 4. The molecule has 0 radical (unpaired) electrons. The van der Waals surface area contributed by atoms with Gasteiger partial charge in [-0.05, 0) is 29.8 Å². The van der Waals surface area contributed by atoms with Crippen molar-refractivity contribution >= 4 is 41.1 Å². The van der Waals surface area contributed by atoms with E-state index in [0.29, 0.717) is 45.8 Å². The fraction of sp³-hybridized carbons (Fsp3) is 0.316. The Morgan fingerprint density at radius 3 is 2.67 bits per heavy atom. The Labute approximate surface area is 170 Å². The summed E-state index contributed by atoms with van der Waals surface area (Å²) < 4.78 is 22.4. The fourth-order valence-corrected chi connectivity index (χ4v) is 5.96. The smallest absolute Gasteiger partial charge is 0.343 e. The average Bonchev–Trinajstić information content (AvgIpc) is 3.23. The summed E-state index contributed by atoms with van der Waals surface area (Å²) in [7, 11) is 1.56. The van der Waals surface area contributed by atoms with Gasteiger partial charge in [0.1, 0.15) is 13.2 Å². The molecule has 0 N–H and O–H groups in total. The molecule has 0 aliphatic carbocycles. The van der Waals surface area contributed by atoms with Gasteiger partial charge in [0.2, 0.25) is 0 Å². The molecule has 142 valence electrons. The van der Waals surface area contributed by atoms with Crippen LogP contribution in [0.4, 0.5) is 0 Å². The summed E-state index contributed by atoms with van der Waals surface area (Å²) in [6, 6.07) is 8.76. The Kier molecular flexibility index (Phi) is 5.61. The molecule has 8 heteroatoms. The number of carbonyl (C=O) groups is 1. The van der Waals surface area contributed by atoms with E-state index in [1.165, 1.54) is 6.07 Å². The molecule has 1 fully saturated rings.